The van der Waals surface area contributed by atoms with Crippen LogP contribution in [-0.4, -0.2) is 37.6 Å². The van der Waals surface area contributed by atoms with Gasteiger partial charge < -0.3 is 9.88 Å². The first kappa shape index (κ1) is 17.6. The lowest BCUT2D eigenvalue weighted by molar-refractivity contribution is 0.570. The second-order valence-electron chi connectivity index (χ2n) is 5.27. The smallest absolute Gasteiger partial charge is 0.242 e. The number of hydrogen-bond acceptors (Lipinski definition) is 4. The first-order chi connectivity index (χ1) is 9.25. The Balaban J connectivity index is 2.92. The Morgan fingerprint density at radius 1 is 1.40 bits per heavy atom. The van der Waals surface area contributed by atoms with Crippen LogP contribution in [0.5, 0.6) is 0 Å². The minimum Gasteiger partial charge on any atom is -0.349 e. The van der Waals surface area contributed by atoms with Crippen molar-refractivity contribution in [3.05, 3.63) is 18.0 Å². The van der Waals surface area contributed by atoms with Crippen LogP contribution in [0.2, 0.25) is 0 Å². The Hall–Kier alpha value is -0.500. The molecule has 1 heterocycles. The van der Waals surface area contributed by atoms with Gasteiger partial charge in [0.1, 0.15) is 0 Å². The maximum Gasteiger partial charge on any atom is 0.242 e. The zero-order chi connectivity index (χ0) is 15.4. The van der Waals surface area contributed by atoms with Crippen LogP contribution in [0.1, 0.15) is 26.5 Å². The van der Waals surface area contributed by atoms with Gasteiger partial charge >= 0.3 is 0 Å². The highest BCUT2D eigenvalue weighted by atomic mass is 32.2. The lowest BCUT2D eigenvalue weighted by Gasteiger charge is -2.21. The van der Waals surface area contributed by atoms with E-state index in [1.807, 2.05) is 38.6 Å². The summed E-state index contributed by atoms with van der Waals surface area (Å²) in [6, 6.07) is 1.73. The van der Waals surface area contributed by atoms with Crippen molar-refractivity contribution in [1.29, 1.82) is 0 Å². The van der Waals surface area contributed by atoms with Gasteiger partial charge in [0.2, 0.25) is 10.0 Å². The van der Waals surface area contributed by atoms with Crippen molar-refractivity contribution in [2.24, 2.45) is 0 Å². The van der Waals surface area contributed by atoms with Gasteiger partial charge in [0.15, 0.2) is 0 Å². The molecular formula is C13H25N3O2S2. The van der Waals surface area contributed by atoms with Crippen LogP contribution < -0.4 is 10.0 Å². The summed E-state index contributed by atoms with van der Waals surface area (Å²) in [5.41, 5.74) is 0.972. The number of rotatable bonds is 8. The first-order valence-corrected chi connectivity index (χ1v) is 9.35. The van der Waals surface area contributed by atoms with E-state index in [1.54, 1.807) is 24.0 Å². The maximum absolute atomic E-state index is 12.3. The predicted molar refractivity (Wildman–Crippen MR) is 85.7 cm³/mol. The summed E-state index contributed by atoms with van der Waals surface area (Å²) in [6.45, 7) is 7.85. The first-order valence-electron chi connectivity index (χ1n) is 6.64. The summed E-state index contributed by atoms with van der Waals surface area (Å²) in [6.07, 6.45) is 3.67. The molecule has 0 aliphatic carbocycles. The molecule has 0 radical (unpaired) electrons. The highest BCUT2D eigenvalue weighted by molar-refractivity contribution is 8.00. The number of sulfonamides is 1. The van der Waals surface area contributed by atoms with Gasteiger partial charge in [-0.05, 0) is 40.1 Å². The fraction of sp³-hybridized carbons (Fsp3) is 0.692. The van der Waals surface area contributed by atoms with Crippen molar-refractivity contribution in [3.63, 3.8) is 0 Å². The summed E-state index contributed by atoms with van der Waals surface area (Å²) < 4.78 is 29.2. The van der Waals surface area contributed by atoms with Crippen LogP contribution in [-0.2, 0) is 23.1 Å². The third kappa shape index (κ3) is 4.51. The average Bonchev–Trinajstić information content (AvgIpc) is 2.81. The van der Waals surface area contributed by atoms with E-state index in [9.17, 15) is 8.42 Å². The quantitative estimate of drug-likeness (QED) is 0.765. The van der Waals surface area contributed by atoms with Gasteiger partial charge in [0.05, 0.1) is 4.90 Å². The molecule has 0 aliphatic rings. The van der Waals surface area contributed by atoms with E-state index in [4.69, 9.17) is 0 Å². The van der Waals surface area contributed by atoms with E-state index in [0.29, 0.717) is 18.0 Å². The van der Waals surface area contributed by atoms with Crippen LogP contribution in [0.25, 0.3) is 0 Å². The lowest BCUT2D eigenvalue weighted by atomic mass is 10.2. The highest BCUT2D eigenvalue weighted by Gasteiger charge is 2.22. The van der Waals surface area contributed by atoms with Gasteiger partial charge in [0.25, 0.3) is 0 Å². The van der Waals surface area contributed by atoms with E-state index >= 15 is 0 Å². The van der Waals surface area contributed by atoms with E-state index in [0.717, 1.165) is 12.2 Å². The molecule has 2 N–H and O–H groups in total. The second-order valence-corrected chi connectivity index (χ2v) is 8.55. The minimum atomic E-state index is -3.45. The van der Waals surface area contributed by atoms with Crippen LogP contribution in [0.4, 0.5) is 0 Å². The number of nitrogens with one attached hydrogen (secondary N) is 2. The Bertz CT molecular complexity index is 536. The van der Waals surface area contributed by atoms with Gasteiger partial charge in [-0.3, -0.25) is 0 Å². The minimum absolute atomic E-state index is 0.117. The molecule has 0 unspecified atom stereocenters. The molecule has 7 heteroatoms. The standard InChI is InChI=1S/C13H25N3O2S2/c1-6-16-9-12(7-11(16)8-14-4)20(17,18)15-10-13(2,3)19-5/h7,9,14-15H,6,8,10H2,1-5H3. The molecule has 1 rings (SSSR count). The monoisotopic (exact) mass is 319 g/mol. The van der Waals surface area contributed by atoms with Crippen molar-refractivity contribution in [2.45, 2.75) is 43.5 Å². The van der Waals surface area contributed by atoms with Crippen molar-refractivity contribution in [1.82, 2.24) is 14.6 Å². The zero-order valence-corrected chi connectivity index (χ0v) is 14.5. The molecule has 20 heavy (non-hydrogen) atoms. The summed E-state index contributed by atoms with van der Waals surface area (Å²) in [5, 5.41) is 3.05. The molecule has 0 bridgehead atoms. The fourth-order valence-corrected chi connectivity index (χ4v) is 3.30. The molecule has 0 amide bonds. The van der Waals surface area contributed by atoms with Crippen molar-refractivity contribution in [3.8, 4) is 0 Å². The fourth-order valence-electron chi connectivity index (χ4n) is 1.72. The molecule has 5 nitrogen and oxygen atoms in total. The van der Waals surface area contributed by atoms with Crippen molar-refractivity contribution >= 4 is 21.8 Å². The topological polar surface area (TPSA) is 63.1 Å². The molecule has 116 valence electrons. The summed E-state index contributed by atoms with van der Waals surface area (Å²) >= 11 is 1.64. The van der Waals surface area contributed by atoms with E-state index in [2.05, 4.69) is 10.0 Å². The Labute approximate surface area is 126 Å². The van der Waals surface area contributed by atoms with Crippen LogP contribution in [0.3, 0.4) is 0 Å². The van der Waals surface area contributed by atoms with E-state index in [1.165, 1.54) is 0 Å². The normalized spacial score (nSPS) is 12.8. The molecule has 0 atom stereocenters. The molecule has 0 saturated heterocycles. The van der Waals surface area contributed by atoms with Crippen LogP contribution >= 0.6 is 11.8 Å². The number of hydrogen-bond donors (Lipinski definition) is 2. The van der Waals surface area contributed by atoms with E-state index < -0.39 is 10.0 Å². The largest absolute Gasteiger partial charge is 0.349 e. The van der Waals surface area contributed by atoms with Crippen LogP contribution in [0.15, 0.2) is 17.2 Å². The summed E-state index contributed by atoms with van der Waals surface area (Å²) in [4.78, 5) is 0.335. The molecule has 1 aromatic rings. The average molecular weight is 319 g/mol. The third-order valence-corrected chi connectivity index (χ3v) is 5.83. The Morgan fingerprint density at radius 3 is 2.55 bits per heavy atom. The molecule has 1 aromatic heterocycles. The van der Waals surface area contributed by atoms with Gasteiger partial charge in [-0.2, -0.15) is 11.8 Å². The Morgan fingerprint density at radius 2 is 2.05 bits per heavy atom. The summed E-state index contributed by atoms with van der Waals surface area (Å²) in [5.74, 6) is 0. The molecule has 0 spiro atoms. The molecule has 0 aromatic carbocycles. The van der Waals surface area contributed by atoms with Gasteiger partial charge in [0, 0.05) is 36.3 Å². The van der Waals surface area contributed by atoms with Gasteiger partial charge in [-0.15, -0.1) is 0 Å². The highest BCUT2D eigenvalue weighted by Crippen LogP contribution is 2.21. The Kier molecular flexibility index (Phi) is 6.12. The maximum atomic E-state index is 12.3. The van der Waals surface area contributed by atoms with Crippen molar-refractivity contribution in [2.75, 3.05) is 19.8 Å². The molecular weight excluding hydrogens is 294 g/mol. The molecule has 0 saturated carbocycles. The molecule has 0 fully saturated rings. The SMILES string of the molecule is CCn1cc(S(=O)(=O)NCC(C)(C)SC)cc1CNC. The number of thioether (sulfide) groups is 1. The third-order valence-electron chi connectivity index (χ3n) is 3.21. The second kappa shape index (κ2) is 6.98. The van der Waals surface area contributed by atoms with Gasteiger partial charge in [-0.1, -0.05) is 0 Å². The number of aromatic nitrogens is 1. The lowest BCUT2D eigenvalue weighted by Crippen LogP contribution is -2.35. The molecule has 0 aliphatic heterocycles. The number of nitrogens with zero attached hydrogens (tertiary/aromatic N) is 1. The van der Waals surface area contributed by atoms with Crippen LogP contribution in [0, 0.1) is 0 Å². The van der Waals surface area contributed by atoms with E-state index in [-0.39, 0.29) is 4.75 Å². The van der Waals surface area contributed by atoms with Crippen molar-refractivity contribution < 1.29 is 8.42 Å². The summed E-state index contributed by atoms with van der Waals surface area (Å²) in [7, 11) is -1.60. The predicted octanol–water partition coefficient (Wildman–Crippen LogP) is 1.65. The number of aryl methyl sites for hydroxylation is 1. The van der Waals surface area contributed by atoms with Gasteiger partial charge in [-0.25, -0.2) is 13.1 Å². The zero-order valence-electron chi connectivity index (χ0n) is 12.9.